The minimum Gasteiger partial charge on any atom is -0.494 e. The third kappa shape index (κ3) is 3.67. The summed E-state index contributed by atoms with van der Waals surface area (Å²) in [6.07, 6.45) is 2.74. The summed E-state index contributed by atoms with van der Waals surface area (Å²) in [6, 6.07) is 6.85. The van der Waals surface area contributed by atoms with Crippen molar-refractivity contribution in [1.29, 1.82) is 0 Å². The molecule has 1 aromatic carbocycles. The molecule has 0 unspecified atom stereocenters. The van der Waals surface area contributed by atoms with Gasteiger partial charge in [0, 0.05) is 0 Å². The number of carbonyl (C=O) groups is 1. The van der Waals surface area contributed by atoms with Gasteiger partial charge in [-0.2, -0.15) is 0 Å². The summed E-state index contributed by atoms with van der Waals surface area (Å²) in [5.74, 6) is 0.749. The smallest absolute Gasteiger partial charge is 0.272 e. The van der Waals surface area contributed by atoms with Gasteiger partial charge in [0.15, 0.2) is 5.11 Å². The van der Waals surface area contributed by atoms with Crippen LogP contribution in [0.1, 0.15) is 10.4 Å². The highest BCUT2D eigenvalue weighted by Gasteiger charge is 2.12. The van der Waals surface area contributed by atoms with E-state index in [4.69, 9.17) is 26.1 Å². The highest BCUT2D eigenvalue weighted by molar-refractivity contribution is 7.80. The Hall–Kier alpha value is -2.74. The van der Waals surface area contributed by atoms with Gasteiger partial charge in [0.1, 0.15) is 23.4 Å². The number of benzene rings is 1. The van der Waals surface area contributed by atoms with Crippen molar-refractivity contribution in [3.05, 3.63) is 42.4 Å². The Balaban J connectivity index is 1.99. The molecule has 1 aromatic heterocycles. The molecule has 0 atom stereocenters. The monoisotopic (exact) mass is 321 g/mol. The Labute approximate surface area is 132 Å². The number of thiocarbonyl (C=S) groups is 1. The third-order valence-corrected chi connectivity index (χ3v) is 2.94. The topological polar surface area (TPSA) is 84.8 Å². The summed E-state index contributed by atoms with van der Waals surface area (Å²) in [4.78, 5) is 11.7. The second kappa shape index (κ2) is 7.32. The van der Waals surface area contributed by atoms with Gasteiger partial charge in [-0.15, -0.1) is 0 Å². The van der Waals surface area contributed by atoms with Gasteiger partial charge >= 0.3 is 0 Å². The van der Waals surface area contributed by atoms with Gasteiger partial charge in [-0.25, -0.2) is 0 Å². The van der Waals surface area contributed by atoms with Crippen LogP contribution >= 0.6 is 12.2 Å². The van der Waals surface area contributed by atoms with Gasteiger partial charge in [-0.05, 0) is 30.4 Å². The number of amides is 1. The molecular weight excluding hydrogens is 306 g/mol. The van der Waals surface area contributed by atoms with E-state index in [1.807, 2.05) is 0 Å². The number of anilines is 1. The Bertz CT molecular complexity index is 636. The SMILES string of the molecule is COc1cccc(OC)c1NC(=S)NNC(=O)c1ccoc1. The zero-order chi connectivity index (χ0) is 15.9. The number of ether oxygens (including phenoxy) is 2. The van der Waals surface area contributed by atoms with Gasteiger partial charge in [0.05, 0.1) is 26.0 Å². The lowest BCUT2D eigenvalue weighted by Crippen LogP contribution is -2.43. The molecule has 1 amide bonds. The molecule has 7 nitrogen and oxygen atoms in total. The number of nitrogens with one attached hydrogen (secondary N) is 3. The van der Waals surface area contributed by atoms with Crippen LogP contribution in [0.3, 0.4) is 0 Å². The summed E-state index contributed by atoms with van der Waals surface area (Å²) < 4.78 is 15.3. The molecule has 3 N–H and O–H groups in total. The fraction of sp³-hybridized carbons (Fsp3) is 0.143. The molecule has 116 valence electrons. The number of methoxy groups -OCH3 is 2. The lowest BCUT2D eigenvalue weighted by Gasteiger charge is -2.16. The molecule has 0 bridgehead atoms. The molecule has 1 heterocycles. The van der Waals surface area contributed by atoms with Crippen molar-refractivity contribution in [3.63, 3.8) is 0 Å². The van der Waals surface area contributed by atoms with E-state index < -0.39 is 0 Å². The van der Waals surface area contributed by atoms with Crippen molar-refractivity contribution in [1.82, 2.24) is 10.9 Å². The molecule has 2 aromatic rings. The predicted molar refractivity (Wildman–Crippen MR) is 85.1 cm³/mol. The molecular formula is C14H15N3O4S. The Kier molecular flexibility index (Phi) is 5.21. The minimum atomic E-state index is -0.370. The van der Waals surface area contributed by atoms with Crippen LogP contribution < -0.4 is 25.6 Å². The molecule has 2 rings (SSSR count). The highest BCUT2D eigenvalue weighted by atomic mass is 32.1. The van der Waals surface area contributed by atoms with Crippen molar-refractivity contribution in [2.24, 2.45) is 0 Å². The molecule has 0 saturated carbocycles. The lowest BCUT2D eigenvalue weighted by atomic mass is 10.2. The van der Waals surface area contributed by atoms with Crippen molar-refractivity contribution in [2.45, 2.75) is 0 Å². The van der Waals surface area contributed by atoms with Gasteiger partial charge in [0.25, 0.3) is 5.91 Å². The van der Waals surface area contributed by atoms with Gasteiger partial charge in [-0.3, -0.25) is 15.6 Å². The van der Waals surface area contributed by atoms with E-state index in [-0.39, 0.29) is 11.0 Å². The molecule has 0 spiro atoms. The fourth-order valence-electron chi connectivity index (χ4n) is 1.70. The lowest BCUT2D eigenvalue weighted by molar-refractivity contribution is 0.0943. The van der Waals surface area contributed by atoms with Crippen molar-refractivity contribution >= 4 is 28.9 Å². The van der Waals surface area contributed by atoms with E-state index in [0.717, 1.165) is 0 Å². The standard InChI is InChI=1S/C14H15N3O4S/c1-19-10-4-3-5-11(20-2)12(10)15-14(22)17-16-13(18)9-6-7-21-8-9/h3-8H,1-2H3,(H,16,18)(H2,15,17,22). The number of hydrazine groups is 1. The normalized spacial score (nSPS) is 9.73. The molecule has 22 heavy (non-hydrogen) atoms. The maximum Gasteiger partial charge on any atom is 0.272 e. The van der Waals surface area contributed by atoms with Gasteiger partial charge < -0.3 is 19.2 Å². The van der Waals surface area contributed by atoms with E-state index in [2.05, 4.69) is 16.2 Å². The molecule has 0 aliphatic rings. The van der Waals surface area contributed by atoms with E-state index >= 15 is 0 Å². The number of para-hydroxylation sites is 1. The number of hydrogen-bond donors (Lipinski definition) is 3. The Morgan fingerprint density at radius 3 is 2.36 bits per heavy atom. The highest BCUT2D eigenvalue weighted by Crippen LogP contribution is 2.33. The summed E-state index contributed by atoms with van der Waals surface area (Å²) in [5, 5.41) is 3.09. The molecule has 0 fully saturated rings. The first-order valence-electron chi connectivity index (χ1n) is 6.26. The Morgan fingerprint density at radius 1 is 1.14 bits per heavy atom. The molecule has 0 radical (unpaired) electrons. The van der Waals surface area contributed by atoms with E-state index in [1.54, 1.807) is 18.2 Å². The van der Waals surface area contributed by atoms with E-state index in [0.29, 0.717) is 22.7 Å². The first kappa shape index (κ1) is 15.6. The van der Waals surface area contributed by atoms with E-state index in [9.17, 15) is 4.79 Å². The van der Waals surface area contributed by atoms with Crippen LogP contribution in [0.2, 0.25) is 0 Å². The quantitative estimate of drug-likeness (QED) is 0.586. The Morgan fingerprint density at radius 2 is 1.82 bits per heavy atom. The number of furan rings is 1. The fourth-order valence-corrected chi connectivity index (χ4v) is 1.85. The van der Waals surface area contributed by atoms with Crippen LogP contribution in [0.15, 0.2) is 41.2 Å². The zero-order valence-electron chi connectivity index (χ0n) is 12.0. The largest absolute Gasteiger partial charge is 0.494 e. The summed E-state index contributed by atoms with van der Waals surface area (Å²) in [5.41, 5.74) is 5.97. The maximum atomic E-state index is 11.7. The third-order valence-electron chi connectivity index (χ3n) is 2.74. The van der Waals surface area contributed by atoms with Crippen LogP contribution in [0.25, 0.3) is 0 Å². The van der Waals surface area contributed by atoms with Gasteiger partial charge in [0.2, 0.25) is 0 Å². The zero-order valence-corrected chi connectivity index (χ0v) is 12.8. The summed E-state index contributed by atoms with van der Waals surface area (Å²) >= 11 is 5.13. The van der Waals surface area contributed by atoms with Crippen LogP contribution in [0.4, 0.5) is 5.69 Å². The van der Waals surface area contributed by atoms with Crippen molar-refractivity contribution in [2.75, 3.05) is 19.5 Å². The molecule has 8 heteroatoms. The van der Waals surface area contributed by atoms with Crippen LogP contribution in [-0.2, 0) is 0 Å². The average molecular weight is 321 g/mol. The average Bonchev–Trinajstić information content (AvgIpc) is 3.07. The molecule has 0 aliphatic heterocycles. The van der Waals surface area contributed by atoms with Gasteiger partial charge in [-0.1, -0.05) is 6.07 Å². The molecule has 0 aliphatic carbocycles. The summed E-state index contributed by atoms with van der Waals surface area (Å²) in [6.45, 7) is 0. The number of hydrogen-bond acceptors (Lipinski definition) is 5. The van der Waals surface area contributed by atoms with Crippen LogP contribution in [0.5, 0.6) is 11.5 Å². The second-order valence-corrected chi connectivity index (χ2v) is 4.49. The van der Waals surface area contributed by atoms with Crippen LogP contribution in [-0.4, -0.2) is 25.2 Å². The number of rotatable bonds is 4. The first-order valence-corrected chi connectivity index (χ1v) is 6.67. The molecule has 0 saturated heterocycles. The maximum absolute atomic E-state index is 11.7. The van der Waals surface area contributed by atoms with E-state index in [1.165, 1.54) is 32.8 Å². The van der Waals surface area contributed by atoms with Crippen LogP contribution in [0, 0.1) is 0 Å². The second-order valence-electron chi connectivity index (χ2n) is 4.08. The van der Waals surface area contributed by atoms with Crippen molar-refractivity contribution < 1.29 is 18.7 Å². The predicted octanol–water partition coefficient (Wildman–Crippen LogP) is 1.93. The van der Waals surface area contributed by atoms with Crippen molar-refractivity contribution in [3.8, 4) is 11.5 Å². The first-order chi connectivity index (χ1) is 10.7. The number of carbonyl (C=O) groups excluding carboxylic acids is 1. The summed E-state index contributed by atoms with van der Waals surface area (Å²) in [7, 11) is 3.08. The minimum absolute atomic E-state index is 0.180.